The molecule has 1 aromatic heterocycles. The van der Waals surface area contributed by atoms with E-state index in [0.29, 0.717) is 12.1 Å². The van der Waals surface area contributed by atoms with E-state index >= 15 is 0 Å². The van der Waals surface area contributed by atoms with Crippen molar-refractivity contribution in [2.45, 2.75) is 44.7 Å². The highest BCUT2D eigenvalue weighted by atomic mass is 32.1. The van der Waals surface area contributed by atoms with E-state index in [0.717, 1.165) is 24.3 Å². The van der Waals surface area contributed by atoms with Crippen molar-refractivity contribution < 1.29 is 4.79 Å². The number of piperidine rings is 1. The van der Waals surface area contributed by atoms with Crippen LogP contribution in [0.2, 0.25) is 0 Å². The minimum atomic E-state index is -0.0276. The molecule has 1 aliphatic rings. The minimum absolute atomic E-state index is 0.0276. The average molecular weight is 252 g/mol. The molecule has 3 atom stereocenters. The molecule has 0 radical (unpaired) electrons. The second-order valence-corrected chi connectivity index (χ2v) is 5.80. The van der Waals surface area contributed by atoms with Crippen molar-refractivity contribution in [3.05, 3.63) is 22.4 Å². The molecule has 1 aliphatic heterocycles. The standard InChI is InChI=1S/C13H20N2OS/c1-9-8-11(5-6-14-9)15-13(16)10(2)12-4-3-7-17-12/h3-4,7,9-11,14H,5-6,8H2,1-2H3,(H,15,16). The molecule has 94 valence electrons. The summed E-state index contributed by atoms with van der Waals surface area (Å²) in [6, 6.07) is 4.86. The summed E-state index contributed by atoms with van der Waals surface area (Å²) in [4.78, 5) is 13.2. The summed E-state index contributed by atoms with van der Waals surface area (Å²) < 4.78 is 0. The van der Waals surface area contributed by atoms with Crippen LogP contribution in [0.15, 0.2) is 17.5 Å². The zero-order valence-electron chi connectivity index (χ0n) is 10.4. The van der Waals surface area contributed by atoms with E-state index in [1.165, 1.54) is 0 Å². The second kappa shape index (κ2) is 5.65. The smallest absolute Gasteiger partial charge is 0.228 e. The van der Waals surface area contributed by atoms with E-state index in [4.69, 9.17) is 0 Å². The first kappa shape index (κ1) is 12.6. The number of nitrogens with one attached hydrogen (secondary N) is 2. The lowest BCUT2D eigenvalue weighted by Gasteiger charge is -2.29. The van der Waals surface area contributed by atoms with Gasteiger partial charge in [0.05, 0.1) is 5.92 Å². The molecular formula is C13H20N2OS. The predicted molar refractivity (Wildman–Crippen MR) is 71.4 cm³/mol. The summed E-state index contributed by atoms with van der Waals surface area (Å²) in [5.41, 5.74) is 0. The molecule has 4 heteroatoms. The first-order chi connectivity index (χ1) is 8.16. The van der Waals surface area contributed by atoms with Crippen LogP contribution in [0.5, 0.6) is 0 Å². The topological polar surface area (TPSA) is 41.1 Å². The fraction of sp³-hybridized carbons (Fsp3) is 0.615. The third-order valence-electron chi connectivity index (χ3n) is 3.33. The molecule has 3 nitrogen and oxygen atoms in total. The monoisotopic (exact) mass is 252 g/mol. The van der Waals surface area contributed by atoms with Gasteiger partial charge < -0.3 is 10.6 Å². The van der Waals surface area contributed by atoms with Gasteiger partial charge in [0.15, 0.2) is 0 Å². The first-order valence-electron chi connectivity index (χ1n) is 6.24. The molecule has 2 rings (SSSR count). The van der Waals surface area contributed by atoms with E-state index in [1.54, 1.807) is 11.3 Å². The normalized spacial score (nSPS) is 26.5. The van der Waals surface area contributed by atoms with Crippen molar-refractivity contribution in [3.8, 4) is 0 Å². The summed E-state index contributed by atoms with van der Waals surface area (Å²) in [6.07, 6.45) is 2.07. The third kappa shape index (κ3) is 3.30. The molecule has 17 heavy (non-hydrogen) atoms. The van der Waals surface area contributed by atoms with Crippen LogP contribution in [0.1, 0.15) is 37.5 Å². The van der Waals surface area contributed by atoms with Gasteiger partial charge in [-0.25, -0.2) is 0 Å². The molecular weight excluding hydrogens is 232 g/mol. The van der Waals surface area contributed by atoms with E-state index in [-0.39, 0.29) is 11.8 Å². The summed E-state index contributed by atoms with van der Waals surface area (Å²) in [5, 5.41) is 8.58. The Morgan fingerprint density at radius 2 is 2.47 bits per heavy atom. The fourth-order valence-corrected chi connectivity index (χ4v) is 3.04. The van der Waals surface area contributed by atoms with Crippen LogP contribution in [0, 0.1) is 0 Å². The Hall–Kier alpha value is -0.870. The number of thiophene rings is 1. The lowest BCUT2D eigenvalue weighted by atomic mass is 9.99. The van der Waals surface area contributed by atoms with Gasteiger partial charge in [0.2, 0.25) is 5.91 Å². The lowest BCUT2D eigenvalue weighted by molar-refractivity contribution is -0.123. The maximum absolute atomic E-state index is 12.1. The number of carbonyl (C=O) groups is 1. The van der Waals surface area contributed by atoms with Crippen LogP contribution >= 0.6 is 11.3 Å². The van der Waals surface area contributed by atoms with Crippen molar-refractivity contribution in [2.75, 3.05) is 6.54 Å². The van der Waals surface area contributed by atoms with Crippen molar-refractivity contribution in [3.63, 3.8) is 0 Å². The van der Waals surface area contributed by atoms with Crippen LogP contribution in [0.4, 0.5) is 0 Å². The molecule has 0 bridgehead atoms. The summed E-state index contributed by atoms with van der Waals surface area (Å²) in [5.74, 6) is 0.131. The SMILES string of the molecule is CC1CC(NC(=O)C(C)c2cccs2)CCN1. The van der Waals surface area contributed by atoms with Crippen molar-refractivity contribution >= 4 is 17.2 Å². The quantitative estimate of drug-likeness (QED) is 0.865. The zero-order chi connectivity index (χ0) is 12.3. The average Bonchev–Trinajstić information content (AvgIpc) is 2.81. The van der Waals surface area contributed by atoms with Gasteiger partial charge >= 0.3 is 0 Å². The Morgan fingerprint density at radius 1 is 1.65 bits per heavy atom. The Morgan fingerprint density at radius 3 is 3.12 bits per heavy atom. The third-order valence-corrected chi connectivity index (χ3v) is 4.39. The Balaban J connectivity index is 1.88. The van der Waals surface area contributed by atoms with Crippen molar-refractivity contribution in [1.29, 1.82) is 0 Å². The largest absolute Gasteiger partial charge is 0.353 e. The number of amides is 1. The zero-order valence-corrected chi connectivity index (χ0v) is 11.2. The molecule has 0 saturated carbocycles. The van der Waals surface area contributed by atoms with E-state index in [1.807, 2.05) is 24.4 Å². The first-order valence-corrected chi connectivity index (χ1v) is 7.12. The predicted octanol–water partition coefficient (Wildman–Crippen LogP) is 2.11. The van der Waals surface area contributed by atoms with Crippen molar-refractivity contribution in [1.82, 2.24) is 10.6 Å². The molecule has 1 saturated heterocycles. The molecule has 1 fully saturated rings. The molecule has 1 aromatic rings. The van der Waals surface area contributed by atoms with Crippen LogP contribution in [0.25, 0.3) is 0 Å². The number of rotatable bonds is 3. The highest BCUT2D eigenvalue weighted by molar-refractivity contribution is 7.10. The van der Waals surface area contributed by atoms with Gasteiger partial charge in [-0.1, -0.05) is 6.07 Å². The van der Waals surface area contributed by atoms with E-state index in [2.05, 4.69) is 17.6 Å². The number of hydrogen-bond acceptors (Lipinski definition) is 3. The molecule has 0 spiro atoms. The minimum Gasteiger partial charge on any atom is -0.353 e. The fourth-order valence-electron chi connectivity index (χ4n) is 2.26. The Labute approximate surface area is 107 Å². The summed E-state index contributed by atoms with van der Waals surface area (Å²) >= 11 is 1.65. The van der Waals surface area contributed by atoms with Gasteiger partial charge in [0, 0.05) is 17.0 Å². The van der Waals surface area contributed by atoms with E-state index < -0.39 is 0 Å². The van der Waals surface area contributed by atoms with Crippen molar-refractivity contribution in [2.24, 2.45) is 0 Å². The maximum Gasteiger partial charge on any atom is 0.228 e. The highest BCUT2D eigenvalue weighted by Gasteiger charge is 2.23. The number of hydrogen-bond donors (Lipinski definition) is 2. The molecule has 2 heterocycles. The van der Waals surface area contributed by atoms with Gasteiger partial charge in [0.1, 0.15) is 0 Å². The molecule has 3 unspecified atom stereocenters. The van der Waals surface area contributed by atoms with Crippen LogP contribution in [-0.2, 0) is 4.79 Å². The summed E-state index contributed by atoms with van der Waals surface area (Å²) in [7, 11) is 0. The summed E-state index contributed by atoms with van der Waals surface area (Å²) in [6.45, 7) is 5.15. The molecule has 0 aliphatic carbocycles. The van der Waals surface area contributed by atoms with Gasteiger partial charge in [-0.2, -0.15) is 0 Å². The number of carbonyl (C=O) groups excluding carboxylic acids is 1. The molecule has 0 aromatic carbocycles. The lowest BCUT2D eigenvalue weighted by Crippen LogP contribution is -2.47. The van der Waals surface area contributed by atoms with Gasteiger partial charge in [0.25, 0.3) is 0 Å². The Bertz CT molecular complexity index is 364. The Kier molecular flexibility index (Phi) is 4.18. The van der Waals surface area contributed by atoms with Crippen LogP contribution in [0.3, 0.4) is 0 Å². The van der Waals surface area contributed by atoms with Gasteiger partial charge in [-0.15, -0.1) is 11.3 Å². The maximum atomic E-state index is 12.1. The van der Waals surface area contributed by atoms with Gasteiger partial charge in [-0.3, -0.25) is 4.79 Å². The molecule has 1 amide bonds. The second-order valence-electron chi connectivity index (χ2n) is 4.82. The van der Waals surface area contributed by atoms with Gasteiger partial charge in [-0.05, 0) is 44.7 Å². The van der Waals surface area contributed by atoms with Crippen LogP contribution in [-0.4, -0.2) is 24.5 Å². The molecule has 2 N–H and O–H groups in total. The van der Waals surface area contributed by atoms with Crippen LogP contribution < -0.4 is 10.6 Å². The highest BCUT2D eigenvalue weighted by Crippen LogP contribution is 2.21. The van der Waals surface area contributed by atoms with E-state index in [9.17, 15) is 4.79 Å².